The minimum Gasteiger partial charge on any atom is -0.481 e. The molecule has 5 heteroatoms. The van der Waals surface area contributed by atoms with E-state index in [2.05, 4.69) is 5.32 Å². The second-order valence-corrected chi connectivity index (χ2v) is 5.16. The summed E-state index contributed by atoms with van der Waals surface area (Å²) in [5, 5.41) is 12.9. The van der Waals surface area contributed by atoms with E-state index >= 15 is 0 Å². The van der Waals surface area contributed by atoms with E-state index in [1.165, 1.54) is 12.1 Å². The van der Waals surface area contributed by atoms with Crippen LogP contribution in [0.3, 0.4) is 0 Å². The van der Waals surface area contributed by atoms with Gasteiger partial charge in [-0.3, -0.25) is 4.79 Å². The molecule has 1 saturated heterocycles. The van der Waals surface area contributed by atoms with Gasteiger partial charge in [-0.2, -0.15) is 0 Å². The average molecular weight is 272 g/mol. The molecule has 1 aromatic rings. The molecule has 0 aliphatic carbocycles. The Hall–Kier alpha value is -1.13. The fourth-order valence-electron chi connectivity index (χ4n) is 2.40. The maximum Gasteiger partial charge on any atom is 0.310 e. The summed E-state index contributed by atoms with van der Waals surface area (Å²) < 4.78 is 13.0. The number of carboxylic acid groups (broad SMARTS) is 1. The predicted molar refractivity (Wildman–Crippen MR) is 67.3 cm³/mol. The van der Waals surface area contributed by atoms with Crippen LogP contribution in [-0.4, -0.2) is 24.2 Å². The van der Waals surface area contributed by atoms with Crippen molar-refractivity contribution in [2.75, 3.05) is 13.1 Å². The third-order valence-corrected chi connectivity index (χ3v) is 3.91. The number of halogens is 2. The third-order valence-electron chi connectivity index (χ3n) is 3.56. The third kappa shape index (κ3) is 2.65. The number of hydrogen-bond donors (Lipinski definition) is 2. The lowest BCUT2D eigenvalue weighted by atomic mass is 9.74. The molecule has 2 N–H and O–H groups in total. The van der Waals surface area contributed by atoms with Crippen LogP contribution in [-0.2, 0) is 11.2 Å². The quantitative estimate of drug-likeness (QED) is 0.888. The Kier molecular flexibility index (Phi) is 3.88. The zero-order valence-corrected chi connectivity index (χ0v) is 10.6. The maximum atomic E-state index is 13.0. The molecular weight excluding hydrogens is 257 g/mol. The molecule has 0 bridgehead atoms. The molecule has 0 unspecified atom stereocenters. The molecule has 1 aliphatic rings. The Balaban J connectivity index is 2.26. The highest BCUT2D eigenvalue weighted by Crippen LogP contribution is 2.35. The fraction of sp³-hybridized carbons (Fsp3) is 0.462. The van der Waals surface area contributed by atoms with Crippen LogP contribution in [0.5, 0.6) is 0 Å². The Morgan fingerprint density at radius 1 is 1.44 bits per heavy atom. The Bertz CT molecular complexity index is 458. The summed E-state index contributed by atoms with van der Waals surface area (Å²) in [6.07, 6.45) is 1.48. The number of hydrogen-bond acceptors (Lipinski definition) is 2. The molecule has 0 radical (unpaired) electrons. The first-order valence-electron chi connectivity index (χ1n) is 5.92. The molecule has 1 fully saturated rings. The minimum atomic E-state index is -0.801. The lowest BCUT2D eigenvalue weighted by Crippen LogP contribution is -2.43. The smallest absolute Gasteiger partial charge is 0.310 e. The van der Waals surface area contributed by atoms with Gasteiger partial charge >= 0.3 is 5.97 Å². The lowest BCUT2D eigenvalue weighted by Gasteiger charge is -2.34. The largest absolute Gasteiger partial charge is 0.481 e. The van der Waals surface area contributed by atoms with Crippen molar-refractivity contribution in [3.63, 3.8) is 0 Å². The summed E-state index contributed by atoms with van der Waals surface area (Å²) >= 11 is 5.97. The van der Waals surface area contributed by atoms with Gasteiger partial charge in [-0.25, -0.2) is 4.39 Å². The highest BCUT2D eigenvalue weighted by atomic mass is 35.5. The minimum absolute atomic E-state index is 0.300. The van der Waals surface area contributed by atoms with Gasteiger partial charge in [0, 0.05) is 5.02 Å². The van der Waals surface area contributed by atoms with Gasteiger partial charge in [0.25, 0.3) is 0 Å². The normalized spacial score (nSPS) is 18.6. The number of nitrogens with one attached hydrogen (secondary N) is 1. The average Bonchev–Trinajstić information content (AvgIpc) is 2.34. The maximum absolute atomic E-state index is 13.0. The number of rotatable bonds is 3. The van der Waals surface area contributed by atoms with Crippen molar-refractivity contribution >= 4 is 17.6 Å². The van der Waals surface area contributed by atoms with E-state index < -0.39 is 17.2 Å². The van der Waals surface area contributed by atoms with E-state index in [0.29, 0.717) is 42.9 Å². The van der Waals surface area contributed by atoms with E-state index in [1.807, 2.05) is 0 Å². The second-order valence-electron chi connectivity index (χ2n) is 4.75. The highest BCUT2D eigenvalue weighted by Gasteiger charge is 2.40. The van der Waals surface area contributed by atoms with Crippen LogP contribution < -0.4 is 5.32 Å². The molecule has 1 aliphatic heterocycles. The second kappa shape index (κ2) is 5.24. The number of aliphatic carboxylic acids is 1. The highest BCUT2D eigenvalue weighted by molar-refractivity contribution is 6.31. The van der Waals surface area contributed by atoms with E-state index in [9.17, 15) is 14.3 Å². The van der Waals surface area contributed by atoms with Crippen molar-refractivity contribution in [2.45, 2.75) is 19.3 Å². The van der Waals surface area contributed by atoms with Gasteiger partial charge in [0.1, 0.15) is 5.82 Å². The van der Waals surface area contributed by atoms with Gasteiger partial charge in [0.2, 0.25) is 0 Å². The Morgan fingerprint density at radius 2 is 2.11 bits per heavy atom. The summed E-state index contributed by atoms with van der Waals surface area (Å²) in [6, 6.07) is 4.12. The van der Waals surface area contributed by atoms with Crippen LogP contribution in [0.4, 0.5) is 4.39 Å². The Labute approximate surface area is 110 Å². The number of carboxylic acids is 1. The van der Waals surface area contributed by atoms with Crippen molar-refractivity contribution in [3.05, 3.63) is 34.6 Å². The molecule has 3 nitrogen and oxygen atoms in total. The van der Waals surface area contributed by atoms with E-state index in [1.54, 1.807) is 6.07 Å². The van der Waals surface area contributed by atoms with Gasteiger partial charge in [-0.05, 0) is 50.0 Å². The van der Waals surface area contributed by atoms with E-state index in [0.717, 1.165) is 0 Å². The Morgan fingerprint density at radius 3 is 2.67 bits per heavy atom. The van der Waals surface area contributed by atoms with Crippen LogP contribution in [0.1, 0.15) is 18.4 Å². The van der Waals surface area contributed by atoms with Crippen LogP contribution in [0.15, 0.2) is 18.2 Å². The first-order valence-corrected chi connectivity index (χ1v) is 6.29. The first kappa shape index (κ1) is 13.3. The molecule has 18 heavy (non-hydrogen) atoms. The van der Waals surface area contributed by atoms with Gasteiger partial charge < -0.3 is 10.4 Å². The van der Waals surface area contributed by atoms with Gasteiger partial charge in [-0.15, -0.1) is 0 Å². The van der Waals surface area contributed by atoms with Crippen LogP contribution >= 0.6 is 11.6 Å². The molecule has 2 rings (SSSR count). The van der Waals surface area contributed by atoms with Gasteiger partial charge in [-0.1, -0.05) is 17.7 Å². The number of benzene rings is 1. The predicted octanol–water partition coefficient (Wildman–Crippen LogP) is 2.48. The van der Waals surface area contributed by atoms with Crippen molar-refractivity contribution < 1.29 is 14.3 Å². The molecule has 0 atom stereocenters. The molecule has 0 spiro atoms. The number of piperidine rings is 1. The zero-order chi connectivity index (χ0) is 13.2. The summed E-state index contributed by atoms with van der Waals surface area (Å²) in [5.41, 5.74) is -0.0884. The van der Waals surface area contributed by atoms with E-state index in [4.69, 9.17) is 11.6 Å². The SMILES string of the molecule is O=C(O)C1(Cc2ccc(F)cc2Cl)CCNCC1. The molecule has 1 aromatic carbocycles. The molecule has 1 heterocycles. The molecular formula is C13H15ClFNO2. The van der Waals surface area contributed by atoms with Crippen LogP contribution in [0.25, 0.3) is 0 Å². The van der Waals surface area contributed by atoms with Crippen molar-refractivity contribution in [3.8, 4) is 0 Å². The van der Waals surface area contributed by atoms with Crippen molar-refractivity contribution in [2.24, 2.45) is 5.41 Å². The molecule has 0 aromatic heterocycles. The number of carbonyl (C=O) groups is 1. The molecule has 98 valence electrons. The standard InChI is InChI=1S/C13H15ClFNO2/c14-11-7-10(15)2-1-9(11)8-13(12(17)18)3-5-16-6-4-13/h1-2,7,16H,3-6,8H2,(H,17,18). The van der Waals surface area contributed by atoms with Gasteiger partial charge in [0.05, 0.1) is 5.41 Å². The molecule has 0 saturated carbocycles. The lowest BCUT2D eigenvalue weighted by molar-refractivity contribution is -0.150. The topological polar surface area (TPSA) is 49.3 Å². The molecule has 0 amide bonds. The summed E-state index contributed by atoms with van der Waals surface area (Å²) in [6.45, 7) is 1.37. The monoisotopic (exact) mass is 271 g/mol. The zero-order valence-electron chi connectivity index (χ0n) is 9.88. The van der Waals surface area contributed by atoms with E-state index in [-0.39, 0.29) is 0 Å². The van der Waals surface area contributed by atoms with Crippen molar-refractivity contribution in [1.29, 1.82) is 0 Å². The van der Waals surface area contributed by atoms with Crippen LogP contribution in [0, 0.1) is 11.2 Å². The van der Waals surface area contributed by atoms with Crippen molar-refractivity contribution in [1.82, 2.24) is 5.32 Å². The first-order chi connectivity index (χ1) is 8.53. The van der Waals surface area contributed by atoms with Crippen LogP contribution in [0.2, 0.25) is 5.02 Å². The summed E-state index contributed by atoms with van der Waals surface area (Å²) in [7, 11) is 0. The van der Waals surface area contributed by atoms with Gasteiger partial charge in [0.15, 0.2) is 0 Å². The summed E-state index contributed by atoms with van der Waals surface area (Å²) in [4.78, 5) is 11.5. The fourth-order valence-corrected chi connectivity index (χ4v) is 2.64. The summed E-state index contributed by atoms with van der Waals surface area (Å²) in [5.74, 6) is -1.21.